The van der Waals surface area contributed by atoms with Gasteiger partial charge in [0.1, 0.15) is 0 Å². The normalized spacial score (nSPS) is 10.6. The highest BCUT2D eigenvalue weighted by molar-refractivity contribution is 9.10. The number of halogens is 1. The molecule has 0 saturated carbocycles. The van der Waals surface area contributed by atoms with E-state index in [9.17, 15) is 0 Å². The third-order valence-corrected chi connectivity index (χ3v) is 3.87. The topological polar surface area (TPSA) is 78.6 Å². The summed E-state index contributed by atoms with van der Waals surface area (Å²) >= 11 is 4.57. The van der Waals surface area contributed by atoms with Crippen LogP contribution >= 0.6 is 27.7 Å². The Morgan fingerprint density at radius 1 is 1.24 bits per heavy atom. The van der Waals surface area contributed by atoms with E-state index < -0.39 is 0 Å². The van der Waals surface area contributed by atoms with Gasteiger partial charge in [-0.15, -0.1) is 5.10 Å². The fraction of sp³-hybridized carbons (Fsp3) is 0.0833. The van der Waals surface area contributed by atoms with Crippen molar-refractivity contribution in [2.24, 2.45) is 0 Å². The molecular weight excluding hydrogens is 356 g/mol. The first-order valence-corrected chi connectivity index (χ1v) is 7.47. The average molecular weight is 365 g/mol. The highest BCUT2D eigenvalue weighted by Gasteiger charge is 2.13. The number of methoxy groups -OCH3 is 1. The number of hydrogen-bond acceptors (Lipinski definition) is 7. The third kappa shape index (κ3) is 3.03. The zero-order valence-corrected chi connectivity index (χ0v) is 13.2. The van der Waals surface area contributed by atoms with Gasteiger partial charge in [-0.3, -0.25) is 0 Å². The summed E-state index contributed by atoms with van der Waals surface area (Å²) in [7, 11) is 1.55. The van der Waals surface area contributed by atoms with Gasteiger partial charge in [0.25, 0.3) is 0 Å². The van der Waals surface area contributed by atoms with Crippen molar-refractivity contribution >= 4 is 27.7 Å². The van der Waals surface area contributed by atoms with Gasteiger partial charge in [-0.05, 0) is 50.3 Å². The molecule has 0 fully saturated rings. The highest BCUT2D eigenvalue weighted by Crippen LogP contribution is 2.28. The highest BCUT2D eigenvalue weighted by atomic mass is 79.9. The minimum atomic E-state index is 0.464. The lowest BCUT2D eigenvalue weighted by Crippen LogP contribution is -1.99. The first kappa shape index (κ1) is 14.0. The molecule has 0 unspecified atom stereocenters. The lowest BCUT2D eigenvalue weighted by molar-refractivity contribution is 0.389. The monoisotopic (exact) mass is 364 g/mol. The molecule has 0 bridgehead atoms. The van der Waals surface area contributed by atoms with Crippen LogP contribution in [0.5, 0.6) is 5.88 Å². The zero-order valence-electron chi connectivity index (χ0n) is 10.8. The van der Waals surface area contributed by atoms with Gasteiger partial charge in [-0.1, -0.05) is 18.2 Å². The maximum absolute atomic E-state index is 5.15. The SMILES string of the molecule is COc1nc(Sc2nnnn2-c2ccccc2)ncc1Br. The second-order valence-corrected chi connectivity index (χ2v) is 5.61. The van der Waals surface area contributed by atoms with Crippen LogP contribution in [0, 0.1) is 0 Å². The van der Waals surface area contributed by atoms with Crippen LogP contribution in [0.1, 0.15) is 0 Å². The number of aromatic nitrogens is 6. The molecule has 7 nitrogen and oxygen atoms in total. The lowest BCUT2D eigenvalue weighted by atomic mass is 10.3. The van der Waals surface area contributed by atoms with Gasteiger partial charge in [-0.2, -0.15) is 9.67 Å². The first-order valence-electron chi connectivity index (χ1n) is 5.86. The second-order valence-electron chi connectivity index (χ2n) is 3.82. The van der Waals surface area contributed by atoms with Crippen molar-refractivity contribution < 1.29 is 4.74 Å². The Bertz CT molecular complexity index is 751. The predicted octanol–water partition coefficient (Wildman–Crippen LogP) is 2.37. The molecule has 0 amide bonds. The first-order chi connectivity index (χ1) is 10.3. The molecule has 0 aliphatic carbocycles. The molecular formula is C12H9BrN6OS. The van der Waals surface area contributed by atoms with Crippen LogP contribution in [0.2, 0.25) is 0 Å². The van der Waals surface area contributed by atoms with E-state index in [1.54, 1.807) is 18.0 Å². The van der Waals surface area contributed by atoms with E-state index in [1.165, 1.54) is 11.8 Å². The van der Waals surface area contributed by atoms with Crippen molar-refractivity contribution in [3.63, 3.8) is 0 Å². The molecule has 21 heavy (non-hydrogen) atoms. The lowest BCUT2D eigenvalue weighted by Gasteiger charge is -2.05. The number of benzene rings is 1. The van der Waals surface area contributed by atoms with Gasteiger partial charge in [0.05, 0.1) is 17.3 Å². The quantitative estimate of drug-likeness (QED) is 0.657. The number of nitrogens with zero attached hydrogens (tertiary/aromatic N) is 6. The maximum Gasteiger partial charge on any atom is 0.231 e. The van der Waals surface area contributed by atoms with Gasteiger partial charge in [-0.25, -0.2) is 4.98 Å². The Morgan fingerprint density at radius 2 is 2.05 bits per heavy atom. The number of tetrazole rings is 1. The Balaban J connectivity index is 1.91. The summed E-state index contributed by atoms with van der Waals surface area (Å²) < 4.78 is 7.47. The Hall–Kier alpha value is -2.00. The van der Waals surface area contributed by atoms with E-state index >= 15 is 0 Å². The van der Waals surface area contributed by atoms with E-state index in [0.29, 0.717) is 20.7 Å². The van der Waals surface area contributed by atoms with E-state index in [4.69, 9.17) is 4.74 Å². The smallest absolute Gasteiger partial charge is 0.231 e. The summed E-state index contributed by atoms with van der Waals surface area (Å²) in [6.07, 6.45) is 1.63. The van der Waals surface area contributed by atoms with Crippen molar-refractivity contribution in [3.05, 3.63) is 41.0 Å². The van der Waals surface area contributed by atoms with E-state index in [2.05, 4.69) is 41.4 Å². The molecule has 0 saturated heterocycles. The molecule has 0 spiro atoms. The van der Waals surface area contributed by atoms with Gasteiger partial charge >= 0.3 is 0 Å². The fourth-order valence-electron chi connectivity index (χ4n) is 1.58. The maximum atomic E-state index is 5.15. The Morgan fingerprint density at radius 3 is 2.81 bits per heavy atom. The number of ether oxygens (including phenoxy) is 1. The van der Waals surface area contributed by atoms with Crippen LogP contribution in [-0.2, 0) is 0 Å². The van der Waals surface area contributed by atoms with Crippen LogP contribution in [-0.4, -0.2) is 37.3 Å². The van der Waals surface area contributed by atoms with Crippen LogP contribution in [0.25, 0.3) is 5.69 Å². The molecule has 0 radical (unpaired) electrons. The summed E-state index contributed by atoms with van der Waals surface area (Å²) in [5, 5.41) is 12.8. The van der Waals surface area contributed by atoms with Crippen molar-refractivity contribution in [2.45, 2.75) is 10.3 Å². The average Bonchev–Trinajstić information content (AvgIpc) is 2.98. The predicted molar refractivity (Wildman–Crippen MR) is 79.6 cm³/mol. The van der Waals surface area contributed by atoms with Crippen LogP contribution in [0.3, 0.4) is 0 Å². The summed E-state index contributed by atoms with van der Waals surface area (Å²) in [5.41, 5.74) is 0.870. The summed E-state index contributed by atoms with van der Waals surface area (Å²) in [6, 6.07) is 9.62. The molecule has 1 aromatic carbocycles. The fourth-order valence-corrected chi connectivity index (χ4v) is 2.64. The van der Waals surface area contributed by atoms with Crippen molar-refractivity contribution in [1.82, 2.24) is 30.2 Å². The minimum Gasteiger partial charge on any atom is -0.480 e. The van der Waals surface area contributed by atoms with E-state index in [0.717, 1.165) is 5.69 Å². The second kappa shape index (κ2) is 6.19. The molecule has 2 aromatic heterocycles. The molecule has 3 rings (SSSR count). The van der Waals surface area contributed by atoms with Crippen LogP contribution in [0.15, 0.2) is 51.3 Å². The summed E-state index contributed by atoms with van der Waals surface area (Å²) in [5.74, 6) is 0.464. The molecule has 0 aliphatic heterocycles. The van der Waals surface area contributed by atoms with Gasteiger partial charge in [0.2, 0.25) is 11.0 Å². The van der Waals surface area contributed by atoms with Crippen LogP contribution in [0.4, 0.5) is 0 Å². The zero-order chi connectivity index (χ0) is 14.7. The summed E-state index contributed by atoms with van der Waals surface area (Å²) in [4.78, 5) is 8.49. The Kier molecular flexibility index (Phi) is 4.11. The van der Waals surface area contributed by atoms with E-state index in [1.807, 2.05) is 30.3 Å². The van der Waals surface area contributed by atoms with Crippen molar-refractivity contribution in [2.75, 3.05) is 7.11 Å². The minimum absolute atomic E-state index is 0.464. The molecule has 9 heteroatoms. The van der Waals surface area contributed by atoms with Gasteiger partial charge in [0.15, 0.2) is 5.16 Å². The number of para-hydroxylation sites is 1. The molecule has 0 atom stereocenters. The Labute approximate surface area is 132 Å². The third-order valence-electron chi connectivity index (χ3n) is 2.51. The van der Waals surface area contributed by atoms with Gasteiger partial charge in [0, 0.05) is 6.20 Å². The number of rotatable bonds is 4. The molecule has 2 heterocycles. The van der Waals surface area contributed by atoms with Crippen molar-refractivity contribution in [1.29, 1.82) is 0 Å². The van der Waals surface area contributed by atoms with E-state index in [-0.39, 0.29) is 0 Å². The van der Waals surface area contributed by atoms with Crippen LogP contribution < -0.4 is 4.74 Å². The van der Waals surface area contributed by atoms with Gasteiger partial charge < -0.3 is 4.74 Å². The molecule has 106 valence electrons. The molecule has 0 aliphatic rings. The number of hydrogen-bond donors (Lipinski definition) is 0. The molecule has 0 N–H and O–H groups in total. The largest absolute Gasteiger partial charge is 0.480 e. The standard InChI is InChI=1S/C12H9BrN6OS/c1-20-10-9(13)7-14-11(15-10)21-12-16-17-18-19(12)8-5-3-2-4-6-8/h2-7H,1H3. The molecule has 3 aromatic rings. The summed E-state index contributed by atoms with van der Waals surface area (Å²) in [6.45, 7) is 0. The van der Waals surface area contributed by atoms with Crippen molar-refractivity contribution in [3.8, 4) is 11.6 Å².